The Morgan fingerprint density at radius 2 is 2.31 bits per heavy atom. The highest BCUT2D eigenvalue weighted by atomic mass is 16.5. The number of hydrogen-bond donors (Lipinski definition) is 1. The van der Waals surface area contributed by atoms with Crippen molar-refractivity contribution in [3.63, 3.8) is 0 Å². The van der Waals surface area contributed by atoms with E-state index in [4.69, 9.17) is 10.00 Å². The van der Waals surface area contributed by atoms with Gasteiger partial charge in [-0.05, 0) is 30.9 Å². The molecule has 1 aromatic rings. The van der Waals surface area contributed by atoms with E-state index in [0.717, 1.165) is 17.4 Å². The van der Waals surface area contributed by atoms with Gasteiger partial charge in [-0.3, -0.25) is 0 Å². The molecule has 1 aromatic carbocycles. The molecule has 0 unspecified atom stereocenters. The molecule has 1 saturated carbocycles. The van der Waals surface area contributed by atoms with Crippen LogP contribution in [0.15, 0.2) is 24.3 Å². The number of anilines is 1. The van der Waals surface area contributed by atoms with Gasteiger partial charge in [-0.25, -0.2) is 0 Å². The van der Waals surface area contributed by atoms with Gasteiger partial charge in [0.1, 0.15) is 11.8 Å². The summed E-state index contributed by atoms with van der Waals surface area (Å²) in [5.74, 6) is 1.59. The first kappa shape index (κ1) is 10.8. The third-order valence-corrected chi connectivity index (χ3v) is 2.88. The molecule has 0 aliphatic heterocycles. The van der Waals surface area contributed by atoms with Gasteiger partial charge in [0.25, 0.3) is 0 Å². The van der Waals surface area contributed by atoms with Gasteiger partial charge >= 0.3 is 0 Å². The highest BCUT2D eigenvalue weighted by Crippen LogP contribution is 2.30. The molecule has 16 heavy (non-hydrogen) atoms. The Labute approximate surface area is 96.0 Å². The molecule has 3 heteroatoms. The van der Waals surface area contributed by atoms with Gasteiger partial charge in [0.05, 0.1) is 0 Å². The van der Waals surface area contributed by atoms with E-state index >= 15 is 0 Å². The molecule has 0 heterocycles. The molecule has 0 saturated heterocycles. The molecular weight excluding hydrogens is 200 g/mol. The zero-order chi connectivity index (χ0) is 11.4. The second-order valence-electron chi connectivity index (χ2n) is 4.39. The van der Waals surface area contributed by atoms with E-state index in [-0.39, 0.29) is 6.61 Å². The third kappa shape index (κ3) is 2.66. The van der Waals surface area contributed by atoms with Crippen molar-refractivity contribution in [2.45, 2.75) is 25.8 Å². The van der Waals surface area contributed by atoms with Crippen LogP contribution in [0.1, 0.15) is 19.8 Å². The number of ether oxygens (including phenoxy) is 1. The van der Waals surface area contributed by atoms with Crippen molar-refractivity contribution in [2.24, 2.45) is 5.92 Å². The smallest absolute Gasteiger partial charge is 0.174 e. The SMILES string of the molecule is CC1CC(Nc2cccc(OCC#N)c2)C1. The minimum absolute atomic E-state index is 0.101. The number of benzene rings is 1. The first-order chi connectivity index (χ1) is 7.78. The highest BCUT2D eigenvalue weighted by Gasteiger charge is 2.24. The number of nitrogens with one attached hydrogen (secondary N) is 1. The van der Waals surface area contributed by atoms with Crippen molar-refractivity contribution in [1.29, 1.82) is 5.26 Å². The van der Waals surface area contributed by atoms with Crippen LogP contribution in [0.4, 0.5) is 5.69 Å². The van der Waals surface area contributed by atoms with Gasteiger partial charge in [-0.1, -0.05) is 13.0 Å². The van der Waals surface area contributed by atoms with Gasteiger partial charge in [0.2, 0.25) is 0 Å². The molecule has 0 bridgehead atoms. The molecule has 0 spiro atoms. The summed E-state index contributed by atoms with van der Waals surface area (Å²) in [6, 6.07) is 10.3. The molecule has 0 amide bonds. The molecule has 3 nitrogen and oxygen atoms in total. The molecular formula is C13H16N2O. The van der Waals surface area contributed by atoms with Crippen molar-refractivity contribution in [3.8, 4) is 11.8 Å². The third-order valence-electron chi connectivity index (χ3n) is 2.88. The predicted molar refractivity (Wildman–Crippen MR) is 63.4 cm³/mol. The van der Waals surface area contributed by atoms with E-state index in [1.54, 1.807) is 0 Å². The Morgan fingerprint density at radius 3 is 3.00 bits per heavy atom. The van der Waals surface area contributed by atoms with Crippen LogP contribution in [0.2, 0.25) is 0 Å². The highest BCUT2D eigenvalue weighted by molar-refractivity contribution is 5.49. The van der Waals surface area contributed by atoms with E-state index in [1.165, 1.54) is 12.8 Å². The average molecular weight is 216 g/mol. The zero-order valence-electron chi connectivity index (χ0n) is 9.44. The molecule has 84 valence electrons. The van der Waals surface area contributed by atoms with E-state index in [9.17, 15) is 0 Å². The topological polar surface area (TPSA) is 45.0 Å². The van der Waals surface area contributed by atoms with Gasteiger partial charge in [-0.15, -0.1) is 0 Å². The van der Waals surface area contributed by atoms with Crippen molar-refractivity contribution >= 4 is 5.69 Å². The van der Waals surface area contributed by atoms with Gasteiger partial charge in [-0.2, -0.15) is 5.26 Å². The van der Waals surface area contributed by atoms with Crippen LogP contribution in [0, 0.1) is 17.2 Å². The fraction of sp³-hybridized carbons (Fsp3) is 0.462. The lowest BCUT2D eigenvalue weighted by molar-refractivity contribution is 0.309. The standard InChI is InChI=1S/C13H16N2O/c1-10-7-12(8-10)15-11-3-2-4-13(9-11)16-6-5-14/h2-4,9-10,12,15H,6-8H2,1H3. The first-order valence-electron chi connectivity index (χ1n) is 5.64. The molecule has 0 aromatic heterocycles. The summed E-state index contributed by atoms with van der Waals surface area (Å²) < 4.78 is 5.25. The van der Waals surface area contributed by atoms with Crippen LogP contribution in [0.25, 0.3) is 0 Å². The number of nitriles is 1. The van der Waals surface area contributed by atoms with Crippen LogP contribution < -0.4 is 10.1 Å². The lowest BCUT2D eigenvalue weighted by Gasteiger charge is -2.34. The molecule has 0 atom stereocenters. The molecule has 1 fully saturated rings. The monoisotopic (exact) mass is 216 g/mol. The Morgan fingerprint density at radius 1 is 1.50 bits per heavy atom. The Kier molecular flexibility index (Phi) is 3.31. The van der Waals surface area contributed by atoms with Crippen LogP contribution in [-0.2, 0) is 0 Å². The lowest BCUT2D eigenvalue weighted by Crippen LogP contribution is -2.33. The lowest BCUT2D eigenvalue weighted by atomic mass is 9.82. The second kappa shape index (κ2) is 4.89. The minimum atomic E-state index is 0.101. The zero-order valence-corrected chi connectivity index (χ0v) is 9.44. The van der Waals surface area contributed by atoms with Crippen LogP contribution in [0.5, 0.6) is 5.75 Å². The van der Waals surface area contributed by atoms with E-state index < -0.39 is 0 Å². The summed E-state index contributed by atoms with van der Waals surface area (Å²) >= 11 is 0. The summed E-state index contributed by atoms with van der Waals surface area (Å²) in [5.41, 5.74) is 1.08. The van der Waals surface area contributed by atoms with Crippen molar-refractivity contribution < 1.29 is 4.74 Å². The maximum absolute atomic E-state index is 8.43. The summed E-state index contributed by atoms with van der Waals surface area (Å²) in [6.07, 6.45) is 2.48. The van der Waals surface area contributed by atoms with E-state index in [2.05, 4.69) is 12.2 Å². The molecule has 0 radical (unpaired) electrons. The van der Waals surface area contributed by atoms with Crippen LogP contribution in [-0.4, -0.2) is 12.6 Å². The quantitative estimate of drug-likeness (QED) is 0.841. The van der Waals surface area contributed by atoms with Gasteiger partial charge < -0.3 is 10.1 Å². The van der Waals surface area contributed by atoms with Crippen molar-refractivity contribution in [3.05, 3.63) is 24.3 Å². The Hall–Kier alpha value is -1.69. The normalized spacial score (nSPS) is 23.0. The van der Waals surface area contributed by atoms with Crippen LogP contribution in [0.3, 0.4) is 0 Å². The summed E-state index contributed by atoms with van der Waals surface area (Å²) in [4.78, 5) is 0. The Bertz CT molecular complexity index is 391. The molecule has 2 rings (SSSR count). The average Bonchev–Trinajstić information content (AvgIpc) is 2.25. The summed E-state index contributed by atoms with van der Waals surface area (Å²) in [6.45, 7) is 2.37. The predicted octanol–water partition coefficient (Wildman–Crippen LogP) is 2.80. The van der Waals surface area contributed by atoms with E-state index in [1.807, 2.05) is 30.3 Å². The maximum atomic E-state index is 8.43. The van der Waals surface area contributed by atoms with Crippen molar-refractivity contribution in [1.82, 2.24) is 0 Å². The Balaban J connectivity index is 1.91. The molecule has 1 N–H and O–H groups in total. The van der Waals surface area contributed by atoms with Crippen molar-refractivity contribution in [2.75, 3.05) is 11.9 Å². The number of nitrogens with zero attached hydrogens (tertiary/aromatic N) is 1. The fourth-order valence-corrected chi connectivity index (χ4v) is 2.05. The molecule has 1 aliphatic rings. The minimum Gasteiger partial charge on any atom is -0.479 e. The first-order valence-corrected chi connectivity index (χ1v) is 5.64. The molecule has 1 aliphatic carbocycles. The largest absolute Gasteiger partial charge is 0.479 e. The summed E-state index contributed by atoms with van der Waals surface area (Å²) in [5, 5.41) is 11.9. The van der Waals surface area contributed by atoms with Gasteiger partial charge in [0.15, 0.2) is 6.61 Å². The van der Waals surface area contributed by atoms with Crippen LogP contribution >= 0.6 is 0 Å². The number of rotatable bonds is 4. The summed E-state index contributed by atoms with van der Waals surface area (Å²) in [7, 11) is 0. The maximum Gasteiger partial charge on any atom is 0.174 e. The second-order valence-corrected chi connectivity index (χ2v) is 4.39. The van der Waals surface area contributed by atoms with E-state index in [0.29, 0.717) is 6.04 Å². The van der Waals surface area contributed by atoms with Gasteiger partial charge in [0, 0.05) is 17.8 Å². The number of hydrogen-bond acceptors (Lipinski definition) is 3. The fourth-order valence-electron chi connectivity index (χ4n) is 2.05.